The second-order valence-electron chi connectivity index (χ2n) is 4.56. The molecule has 2 N–H and O–H groups in total. The summed E-state index contributed by atoms with van der Waals surface area (Å²) in [7, 11) is 0. The summed E-state index contributed by atoms with van der Waals surface area (Å²) in [6, 6.07) is 13.1. The van der Waals surface area contributed by atoms with Gasteiger partial charge in [-0.25, -0.2) is 0 Å². The highest BCUT2D eigenvalue weighted by Gasteiger charge is 2.11. The molecule has 0 spiro atoms. The molecule has 3 aromatic rings. The molecule has 6 heteroatoms. The molecular formula is C15H11BrClN3O. The molecule has 0 atom stereocenters. The van der Waals surface area contributed by atoms with Crippen LogP contribution in [0.4, 0.5) is 5.69 Å². The summed E-state index contributed by atoms with van der Waals surface area (Å²) in [5.41, 5.74) is 8.13. The highest BCUT2D eigenvalue weighted by Crippen LogP contribution is 2.25. The molecule has 0 radical (unpaired) electrons. The number of benzene rings is 2. The summed E-state index contributed by atoms with van der Waals surface area (Å²) < 4.78 is 6.30. The number of halogens is 2. The van der Waals surface area contributed by atoms with Gasteiger partial charge in [-0.05, 0) is 29.8 Å². The van der Waals surface area contributed by atoms with Crippen LogP contribution >= 0.6 is 27.5 Å². The van der Waals surface area contributed by atoms with Gasteiger partial charge in [-0.1, -0.05) is 50.9 Å². The molecular weight excluding hydrogens is 354 g/mol. The van der Waals surface area contributed by atoms with Crippen LogP contribution in [0.1, 0.15) is 11.4 Å². The van der Waals surface area contributed by atoms with Crippen molar-refractivity contribution in [3.05, 3.63) is 63.3 Å². The summed E-state index contributed by atoms with van der Waals surface area (Å²) in [6.45, 7) is 0. The second kappa shape index (κ2) is 5.87. The van der Waals surface area contributed by atoms with Gasteiger partial charge in [-0.15, -0.1) is 0 Å². The Hall–Kier alpha value is -1.85. The average molecular weight is 365 g/mol. The summed E-state index contributed by atoms with van der Waals surface area (Å²) in [5.74, 6) is 1.02. The first-order valence-electron chi connectivity index (χ1n) is 6.24. The van der Waals surface area contributed by atoms with Crippen LogP contribution in [0.15, 0.2) is 51.5 Å². The Balaban J connectivity index is 1.88. The third-order valence-corrected chi connectivity index (χ3v) is 3.93. The molecule has 1 heterocycles. The minimum atomic E-state index is 0.409. The number of nitrogens with two attached hydrogens (primary N) is 1. The van der Waals surface area contributed by atoms with E-state index in [1.54, 1.807) is 18.2 Å². The van der Waals surface area contributed by atoms with Crippen LogP contribution in [0, 0.1) is 0 Å². The van der Waals surface area contributed by atoms with Gasteiger partial charge in [0.1, 0.15) is 0 Å². The Kier molecular flexibility index (Phi) is 3.94. The van der Waals surface area contributed by atoms with Crippen LogP contribution < -0.4 is 5.73 Å². The number of rotatable bonds is 3. The minimum absolute atomic E-state index is 0.409. The first kappa shape index (κ1) is 14.1. The number of nitrogens with zero attached hydrogens (tertiary/aromatic N) is 2. The van der Waals surface area contributed by atoms with Crippen molar-refractivity contribution >= 4 is 33.2 Å². The van der Waals surface area contributed by atoms with E-state index in [1.807, 2.05) is 24.3 Å². The third-order valence-electron chi connectivity index (χ3n) is 2.94. The Morgan fingerprint density at radius 1 is 1.19 bits per heavy atom. The second-order valence-corrected chi connectivity index (χ2v) is 5.85. The van der Waals surface area contributed by atoms with Crippen molar-refractivity contribution < 1.29 is 4.52 Å². The monoisotopic (exact) mass is 363 g/mol. The Bertz CT molecular complexity index is 768. The van der Waals surface area contributed by atoms with E-state index in [1.165, 1.54) is 0 Å². The van der Waals surface area contributed by atoms with Crippen LogP contribution in [0.3, 0.4) is 0 Å². The molecule has 0 saturated heterocycles. The van der Waals surface area contributed by atoms with Crippen LogP contribution in [0.2, 0.25) is 5.02 Å². The van der Waals surface area contributed by atoms with Gasteiger partial charge in [-0.2, -0.15) is 4.98 Å². The lowest BCUT2D eigenvalue weighted by molar-refractivity contribution is 0.424. The minimum Gasteiger partial charge on any atom is -0.399 e. The van der Waals surface area contributed by atoms with Crippen molar-refractivity contribution in [2.45, 2.75) is 6.42 Å². The first-order valence-corrected chi connectivity index (χ1v) is 7.41. The standard InChI is InChI=1S/C15H11BrClN3O/c16-13-4-2-1-3-9(13)7-14-19-15(21-20-14)10-5-11(17)8-12(18)6-10/h1-6,8H,7,18H2. The van der Waals surface area contributed by atoms with Crippen molar-refractivity contribution in [1.82, 2.24) is 10.1 Å². The molecule has 21 heavy (non-hydrogen) atoms. The summed E-state index contributed by atoms with van der Waals surface area (Å²) in [5, 5.41) is 4.54. The first-order chi connectivity index (χ1) is 10.1. The Morgan fingerprint density at radius 3 is 2.76 bits per heavy atom. The Labute approximate surface area is 135 Å². The van der Waals surface area contributed by atoms with E-state index in [0.29, 0.717) is 34.4 Å². The smallest absolute Gasteiger partial charge is 0.258 e. The maximum atomic E-state index is 5.98. The molecule has 0 fully saturated rings. The summed E-state index contributed by atoms with van der Waals surface area (Å²) in [4.78, 5) is 4.39. The van der Waals surface area contributed by atoms with Crippen molar-refractivity contribution in [3.63, 3.8) is 0 Å². The maximum Gasteiger partial charge on any atom is 0.258 e. The highest BCUT2D eigenvalue weighted by atomic mass is 79.9. The van der Waals surface area contributed by atoms with Crippen molar-refractivity contribution in [2.75, 3.05) is 5.73 Å². The van der Waals surface area contributed by atoms with Crippen LogP contribution in [-0.2, 0) is 6.42 Å². The molecule has 4 nitrogen and oxygen atoms in total. The molecule has 0 saturated carbocycles. The predicted molar refractivity (Wildman–Crippen MR) is 86.1 cm³/mol. The van der Waals surface area contributed by atoms with E-state index in [4.69, 9.17) is 21.9 Å². The fraction of sp³-hybridized carbons (Fsp3) is 0.0667. The lowest BCUT2D eigenvalue weighted by Gasteiger charge is -1.99. The van der Waals surface area contributed by atoms with Crippen LogP contribution in [0.5, 0.6) is 0 Å². The molecule has 106 valence electrons. The quantitative estimate of drug-likeness (QED) is 0.703. The van der Waals surface area contributed by atoms with E-state index >= 15 is 0 Å². The Morgan fingerprint density at radius 2 is 2.00 bits per heavy atom. The summed E-state index contributed by atoms with van der Waals surface area (Å²) in [6.07, 6.45) is 0.584. The van der Waals surface area contributed by atoms with Crippen molar-refractivity contribution in [3.8, 4) is 11.5 Å². The molecule has 0 amide bonds. The van der Waals surface area contributed by atoms with Crippen LogP contribution in [-0.4, -0.2) is 10.1 Å². The van der Waals surface area contributed by atoms with Crippen molar-refractivity contribution in [1.29, 1.82) is 0 Å². The van der Waals surface area contributed by atoms with Crippen molar-refractivity contribution in [2.24, 2.45) is 0 Å². The average Bonchev–Trinajstić information content (AvgIpc) is 2.89. The highest BCUT2D eigenvalue weighted by molar-refractivity contribution is 9.10. The number of aromatic nitrogens is 2. The number of nitrogen functional groups attached to an aromatic ring is 1. The topological polar surface area (TPSA) is 64.9 Å². The largest absolute Gasteiger partial charge is 0.399 e. The fourth-order valence-corrected chi connectivity index (χ4v) is 2.66. The predicted octanol–water partition coefficient (Wildman–Crippen LogP) is 4.33. The van der Waals surface area contributed by atoms with E-state index in [2.05, 4.69) is 26.1 Å². The van der Waals surface area contributed by atoms with E-state index in [-0.39, 0.29) is 0 Å². The van der Waals surface area contributed by atoms with Gasteiger partial charge in [-0.3, -0.25) is 0 Å². The number of hydrogen-bond donors (Lipinski definition) is 1. The fourth-order valence-electron chi connectivity index (χ4n) is 1.99. The third kappa shape index (κ3) is 3.25. The number of hydrogen-bond acceptors (Lipinski definition) is 4. The van der Waals surface area contributed by atoms with Gasteiger partial charge in [0, 0.05) is 27.2 Å². The number of anilines is 1. The normalized spacial score (nSPS) is 10.8. The molecule has 0 unspecified atom stereocenters. The van der Waals surface area contributed by atoms with Gasteiger partial charge >= 0.3 is 0 Å². The molecule has 0 aliphatic heterocycles. The van der Waals surface area contributed by atoms with Gasteiger partial charge in [0.2, 0.25) is 0 Å². The lowest BCUT2D eigenvalue weighted by atomic mass is 10.1. The molecule has 3 rings (SSSR count). The van der Waals surface area contributed by atoms with E-state index < -0.39 is 0 Å². The molecule has 1 aromatic heterocycles. The van der Waals surface area contributed by atoms with Gasteiger partial charge < -0.3 is 10.3 Å². The summed E-state index contributed by atoms with van der Waals surface area (Å²) >= 11 is 9.49. The van der Waals surface area contributed by atoms with Crippen LogP contribution in [0.25, 0.3) is 11.5 Å². The van der Waals surface area contributed by atoms with E-state index in [9.17, 15) is 0 Å². The lowest BCUT2D eigenvalue weighted by Crippen LogP contribution is -1.92. The van der Waals surface area contributed by atoms with Gasteiger partial charge in [0.25, 0.3) is 5.89 Å². The molecule has 0 aliphatic rings. The molecule has 2 aromatic carbocycles. The van der Waals surface area contributed by atoms with E-state index in [0.717, 1.165) is 10.0 Å². The zero-order chi connectivity index (χ0) is 14.8. The molecule has 0 bridgehead atoms. The zero-order valence-corrected chi connectivity index (χ0v) is 13.2. The zero-order valence-electron chi connectivity index (χ0n) is 10.9. The SMILES string of the molecule is Nc1cc(Cl)cc(-c2nc(Cc3ccccc3Br)no2)c1. The van der Waals surface area contributed by atoms with Gasteiger partial charge in [0.15, 0.2) is 5.82 Å². The molecule has 0 aliphatic carbocycles. The maximum absolute atomic E-state index is 5.98. The van der Waals surface area contributed by atoms with Gasteiger partial charge in [0.05, 0.1) is 0 Å².